The molecule has 112 valence electrons. The van der Waals surface area contributed by atoms with Crippen molar-refractivity contribution >= 4 is 33.0 Å². The third-order valence-electron chi connectivity index (χ3n) is 2.76. The molecule has 0 radical (unpaired) electrons. The van der Waals surface area contributed by atoms with Gasteiger partial charge in [-0.3, -0.25) is 4.79 Å². The molecule has 0 spiro atoms. The van der Waals surface area contributed by atoms with Crippen LogP contribution in [0.3, 0.4) is 0 Å². The second-order valence-electron chi connectivity index (χ2n) is 4.04. The maximum absolute atomic E-state index is 11.9. The number of ether oxygens (including phenoxy) is 1. The number of methoxy groups -OCH3 is 1. The zero-order valence-corrected chi connectivity index (χ0v) is 13.0. The quantitative estimate of drug-likeness (QED) is 0.879. The molecule has 2 N–H and O–H groups in total. The van der Waals surface area contributed by atoms with Crippen molar-refractivity contribution in [3.63, 3.8) is 0 Å². The summed E-state index contributed by atoms with van der Waals surface area (Å²) in [4.78, 5) is 12.0. The lowest BCUT2D eigenvalue weighted by atomic mass is 10.2. The lowest BCUT2D eigenvalue weighted by Gasteiger charge is -2.11. The fraction of sp³-hybridized carbons (Fsp3) is 0.154. The minimum absolute atomic E-state index is 0.0148. The summed E-state index contributed by atoms with van der Waals surface area (Å²) in [7, 11) is -0.925. The molecule has 21 heavy (non-hydrogen) atoms. The molecular weight excluding hydrogens is 312 g/mol. The van der Waals surface area contributed by atoms with Gasteiger partial charge in [0, 0.05) is 17.1 Å². The van der Waals surface area contributed by atoms with E-state index in [4.69, 9.17) is 4.74 Å². The first-order chi connectivity index (χ1) is 9.97. The van der Waals surface area contributed by atoms with Crippen molar-refractivity contribution in [1.82, 2.24) is 4.72 Å². The lowest BCUT2D eigenvalue weighted by Crippen LogP contribution is -2.19. The summed E-state index contributed by atoms with van der Waals surface area (Å²) in [5.74, 6) is -0.102. The molecule has 6 nitrogen and oxygen atoms in total. The molecule has 2 aromatic rings. The molecule has 1 heterocycles. The first-order valence-corrected chi connectivity index (χ1v) is 8.35. The van der Waals surface area contributed by atoms with Gasteiger partial charge in [-0.1, -0.05) is 0 Å². The van der Waals surface area contributed by atoms with Gasteiger partial charge in [0.15, 0.2) is 0 Å². The van der Waals surface area contributed by atoms with Crippen LogP contribution in [0.4, 0.5) is 5.69 Å². The molecule has 0 atom stereocenters. The van der Waals surface area contributed by atoms with Crippen molar-refractivity contribution in [2.75, 3.05) is 19.5 Å². The summed E-state index contributed by atoms with van der Waals surface area (Å²) in [6.45, 7) is 0. The van der Waals surface area contributed by atoms with Crippen molar-refractivity contribution in [3.8, 4) is 5.75 Å². The summed E-state index contributed by atoms with van der Waals surface area (Å²) in [5, 5.41) is 6.22. The maximum atomic E-state index is 11.9. The number of carbonyl (C=O) groups is 1. The average Bonchev–Trinajstić information content (AvgIpc) is 3.01. The standard InChI is InChI=1S/C13H14N2O4S2/c1-14-21(17,18)12-4-3-10(7-11(12)19-2)15-13(16)9-5-6-20-8-9/h3-8,14H,1-2H3,(H,15,16). The van der Waals surface area contributed by atoms with Gasteiger partial charge in [-0.25, -0.2) is 13.1 Å². The summed E-state index contributed by atoms with van der Waals surface area (Å²) in [5.41, 5.74) is 1.00. The second-order valence-corrected chi connectivity index (χ2v) is 6.67. The number of rotatable bonds is 5. The highest BCUT2D eigenvalue weighted by molar-refractivity contribution is 7.89. The molecule has 0 fully saturated rings. The molecule has 2 rings (SSSR count). The Kier molecular flexibility index (Phi) is 4.61. The number of anilines is 1. The normalized spacial score (nSPS) is 11.1. The van der Waals surface area contributed by atoms with Gasteiger partial charge in [0.2, 0.25) is 10.0 Å². The van der Waals surface area contributed by atoms with Crippen LogP contribution in [0.25, 0.3) is 0 Å². The van der Waals surface area contributed by atoms with Gasteiger partial charge in [-0.05, 0) is 30.6 Å². The molecule has 0 saturated heterocycles. The Morgan fingerprint density at radius 3 is 2.62 bits per heavy atom. The van der Waals surface area contributed by atoms with Crippen molar-refractivity contribution in [3.05, 3.63) is 40.6 Å². The van der Waals surface area contributed by atoms with Gasteiger partial charge in [0.25, 0.3) is 5.91 Å². The summed E-state index contributed by atoms with van der Waals surface area (Å²) in [6, 6.07) is 6.07. The minimum Gasteiger partial charge on any atom is -0.495 e. The van der Waals surface area contributed by atoms with Crippen LogP contribution in [0.5, 0.6) is 5.75 Å². The number of benzene rings is 1. The third kappa shape index (κ3) is 3.41. The van der Waals surface area contributed by atoms with E-state index >= 15 is 0 Å². The monoisotopic (exact) mass is 326 g/mol. The first-order valence-electron chi connectivity index (χ1n) is 5.93. The highest BCUT2D eigenvalue weighted by atomic mass is 32.2. The van der Waals surface area contributed by atoms with Crippen molar-refractivity contribution < 1.29 is 17.9 Å². The van der Waals surface area contributed by atoms with Crippen molar-refractivity contribution in [1.29, 1.82) is 0 Å². The van der Waals surface area contributed by atoms with Crippen LogP contribution in [-0.2, 0) is 10.0 Å². The van der Waals surface area contributed by atoms with Crippen LogP contribution in [0, 0.1) is 0 Å². The SMILES string of the molecule is CNS(=O)(=O)c1ccc(NC(=O)c2ccsc2)cc1OC. The first kappa shape index (κ1) is 15.5. The maximum Gasteiger partial charge on any atom is 0.256 e. The Bertz CT molecular complexity index is 740. The van der Waals surface area contributed by atoms with Gasteiger partial charge >= 0.3 is 0 Å². The predicted molar refractivity (Wildman–Crippen MR) is 81.5 cm³/mol. The molecular formula is C13H14N2O4S2. The van der Waals surface area contributed by atoms with E-state index < -0.39 is 10.0 Å². The van der Waals surface area contributed by atoms with Gasteiger partial charge in [0.1, 0.15) is 10.6 Å². The molecule has 0 bridgehead atoms. The third-order valence-corrected chi connectivity index (χ3v) is 4.90. The van der Waals surface area contributed by atoms with E-state index in [9.17, 15) is 13.2 Å². The molecule has 1 aromatic heterocycles. The summed E-state index contributed by atoms with van der Waals surface area (Å²) < 4.78 is 30.9. The number of sulfonamides is 1. The molecule has 0 aliphatic carbocycles. The largest absolute Gasteiger partial charge is 0.495 e. The van der Waals surface area contributed by atoms with Crippen LogP contribution in [-0.4, -0.2) is 28.5 Å². The van der Waals surface area contributed by atoms with Gasteiger partial charge in [0.05, 0.1) is 12.7 Å². The van der Waals surface area contributed by atoms with E-state index in [-0.39, 0.29) is 16.6 Å². The zero-order valence-electron chi connectivity index (χ0n) is 11.4. The minimum atomic E-state index is -3.62. The molecule has 0 aliphatic rings. The number of amides is 1. The van der Waals surface area contributed by atoms with E-state index in [1.807, 2.05) is 0 Å². The smallest absolute Gasteiger partial charge is 0.256 e. The van der Waals surface area contributed by atoms with E-state index in [1.54, 1.807) is 16.8 Å². The van der Waals surface area contributed by atoms with E-state index in [2.05, 4.69) is 10.0 Å². The molecule has 1 aromatic carbocycles. The lowest BCUT2D eigenvalue weighted by molar-refractivity contribution is 0.102. The van der Waals surface area contributed by atoms with Crippen LogP contribution in [0.15, 0.2) is 39.9 Å². The highest BCUT2D eigenvalue weighted by Gasteiger charge is 2.18. The second kappa shape index (κ2) is 6.25. The molecule has 1 amide bonds. The van der Waals surface area contributed by atoms with Gasteiger partial charge in [-0.2, -0.15) is 11.3 Å². The Morgan fingerprint density at radius 2 is 2.05 bits per heavy atom. The Hall–Kier alpha value is -1.90. The van der Waals surface area contributed by atoms with E-state index in [0.717, 1.165) is 0 Å². The summed E-state index contributed by atoms with van der Waals surface area (Å²) in [6.07, 6.45) is 0. The highest BCUT2D eigenvalue weighted by Crippen LogP contribution is 2.27. The topological polar surface area (TPSA) is 84.5 Å². The number of hydrogen-bond donors (Lipinski definition) is 2. The zero-order chi connectivity index (χ0) is 15.5. The van der Waals surface area contributed by atoms with Crippen molar-refractivity contribution in [2.45, 2.75) is 4.90 Å². The molecule has 0 aliphatic heterocycles. The molecule has 0 saturated carbocycles. The molecule has 0 unspecified atom stereocenters. The van der Waals surface area contributed by atoms with Crippen LogP contribution >= 0.6 is 11.3 Å². The Morgan fingerprint density at radius 1 is 1.29 bits per heavy atom. The van der Waals surface area contributed by atoms with E-state index in [0.29, 0.717) is 11.3 Å². The van der Waals surface area contributed by atoms with Crippen molar-refractivity contribution in [2.24, 2.45) is 0 Å². The van der Waals surface area contributed by atoms with Crippen LogP contribution in [0.2, 0.25) is 0 Å². The predicted octanol–water partition coefficient (Wildman–Crippen LogP) is 1.92. The number of hydrogen-bond acceptors (Lipinski definition) is 5. The number of carbonyl (C=O) groups excluding carboxylic acids is 1. The summed E-state index contributed by atoms with van der Waals surface area (Å²) >= 11 is 1.42. The van der Waals surface area contributed by atoms with Gasteiger partial charge < -0.3 is 10.1 Å². The average molecular weight is 326 g/mol. The fourth-order valence-corrected chi connectivity index (χ4v) is 3.18. The number of nitrogens with one attached hydrogen (secondary N) is 2. The Balaban J connectivity index is 2.30. The van der Waals surface area contributed by atoms with Crippen LogP contribution in [0.1, 0.15) is 10.4 Å². The number of thiophene rings is 1. The fourth-order valence-electron chi connectivity index (χ4n) is 1.67. The molecule has 8 heteroatoms. The Labute approximate surface area is 126 Å². The van der Waals surface area contributed by atoms with Gasteiger partial charge in [-0.15, -0.1) is 0 Å². The van der Waals surface area contributed by atoms with Crippen LogP contribution < -0.4 is 14.8 Å². The van der Waals surface area contributed by atoms with E-state index in [1.165, 1.54) is 43.7 Å².